The highest BCUT2D eigenvalue weighted by atomic mass is 32.1. The SMILES string of the molecule is Fc1cc(-c2cc(-c3ccccc3)nc(-c3ccccc3)n2)c(F)cc1-c1ccc2c(c1)c1ccccc1n2-c1cccc(-c2ccc3c(c2)c2ccccc2n3-c2ccccc2)c1.c1ccc(-c2cc(-c3cc(-c4ccc5c(c4)c4ccccc4n5-c4ccc(-c5cccc6c5sc5ccccc56)cc4)c4ccc5ccccc5c4c3)cc(-c3ccccc3)n2)cc1. The maximum absolute atomic E-state index is 16.5. The van der Waals surface area contributed by atoms with Gasteiger partial charge in [-0.25, -0.2) is 23.7 Å². The smallest absolute Gasteiger partial charge is 0.160 e. The molecule has 0 aliphatic heterocycles. The predicted octanol–water partition coefficient (Wildman–Crippen LogP) is 32.5. The van der Waals surface area contributed by atoms with Crippen LogP contribution < -0.4 is 0 Å². The number of rotatable bonds is 13. The highest BCUT2D eigenvalue weighted by molar-refractivity contribution is 7.26. The molecule has 0 saturated heterocycles. The van der Waals surface area contributed by atoms with E-state index in [0.717, 1.165) is 100 Å². The number of fused-ring (bicyclic) bond motifs is 15. The van der Waals surface area contributed by atoms with Crippen molar-refractivity contribution in [3.8, 4) is 129 Å². The molecule has 0 unspecified atom stereocenters. The van der Waals surface area contributed by atoms with Gasteiger partial charge >= 0.3 is 0 Å². The van der Waals surface area contributed by atoms with Gasteiger partial charge in [0.2, 0.25) is 0 Å². The van der Waals surface area contributed by atoms with Crippen LogP contribution in [0, 0.1) is 11.6 Å². The van der Waals surface area contributed by atoms with Crippen molar-refractivity contribution in [1.82, 2.24) is 28.7 Å². The second-order valence-corrected chi connectivity index (χ2v) is 33.8. The van der Waals surface area contributed by atoms with Crippen molar-refractivity contribution in [1.29, 1.82) is 0 Å². The number of benzene rings is 19. The quantitative estimate of drug-likeness (QED) is 0.108. The van der Waals surface area contributed by atoms with Crippen LogP contribution in [0.25, 0.3) is 236 Å². The topological polar surface area (TPSA) is 53.5 Å². The molecule has 6 nitrogen and oxygen atoms in total. The van der Waals surface area contributed by atoms with Gasteiger partial charge < -0.3 is 13.7 Å². The first-order valence-corrected chi connectivity index (χ1v) is 43.9. The zero-order chi connectivity index (χ0) is 84.9. The molecule has 0 saturated carbocycles. The molecule has 0 atom stereocenters. The second kappa shape index (κ2) is 31.3. The Labute approximate surface area is 740 Å². The lowest BCUT2D eigenvalue weighted by Gasteiger charge is -2.16. The van der Waals surface area contributed by atoms with E-state index in [1.165, 1.54) is 114 Å². The monoisotopic (exact) mass is 1660 g/mol. The van der Waals surface area contributed by atoms with Crippen LogP contribution in [0.5, 0.6) is 0 Å². The third-order valence-corrected chi connectivity index (χ3v) is 26.5. The van der Waals surface area contributed by atoms with Gasteiger partial charge in [0, 0.05) is 103 Å². The lowest BCUT2D eigenvalue weighted by atomic mass is 9.89. The fourth-order valence-corrected chi connectivity index (χ4v) is 20.4. The minimum Gasteiger partial charge on any atom is -0.309 e. The van der Waals surface area contributed by atoms with Crippen LogP contribution in [0.2, 0.25) is 0 Å². The van der Waals surface area contributed by atoms with Crippen LogP contribution in [0.15, 0.2) is 449 Å². The van der Waals surface area contributed by atoms with E-state index >= 15 is 8.78 Å². The van der Waals surface area contributed by atoms with Crippen molar-refractivity contribution in [3.63, 3.8) is 0 Å². The number of hydrogen-bond donors (Lipinski definition) is 0. The van der Waals surface area contributed by atoms with Gasteiger partial charge in [-0.1, -0.05) is 309 Å². The number of hydrogen-bond acceptors (Lipinski definition) is 4. The second-order valence-electron chi connectivity index (χ2n) is 32.7. The van der Waals surface area contributed by atoms with Gasteiger partial charge in [-0.15, -0.1) is 11.3 Å². The Balaban J connectivity index is 0.000000143. The van der Waals surface area contributed by atoms with Gasteiger partial charge in [-0.2, -0.15) is 0 Å². The molecular formula is C119H74F2N6S. The third-order valence-electron chi connectivity index (χ3n) is 25.3. The van der Waals surface area contributed by atoms with Crippen molar-refractivity contribution < 1.29 is 8.78 Å². The summed E-state index contributed by atoms with van der Waals surface area (Å²) >= 11 is 1.88. The summed E-state index contributed by atoms with van der Waals surface area (Å²) < 4.78 is 42.6. The van der Waals surface area contributed by atoms with Gasteiger partial charge in [-0.3, -0.25) is 0 Å². The van der Waals surface area contributed by atoms with Crippen LogP contribution in [-0.2, 0) is 0 Å². The van der Waals surface area contributed by atoms with E-state index in [9.17, 15) is 0 Å². The number of pyridine rings is 1. The fraction of sp³-hybridized carbons (Fsp3) is 0. The summed E-state index contributed by atoms with van der Waals surface area (Å²) in [6.07, 6.45) is 0. The Morgan fingerprint density at radius 1 is 0.188 bits per heavy atom. The zero-order valence-corrected chi connectivity index (χ0v) is 69.9. The highest BCUT2D eigenvalue weighted by Gasteiger charge is 2.24. The first-order valence-electron chi connectivity index (χ1n) is 43.1. The Bertz CT molecular complexity index is 8580. The molecule has 25 aromatic rings. The zero-order valence-electron chi connectivity index (χ0n) is 69.1. The number of halogens is 2. The lowest BCUT2D eigenvalue weighted by Crippen LogP contribution is -1.98. The highest BCUT2D eigenvalue weighted by Crippen LogP contribution is 2.47. The lowest BCUT2D eigenvalue weighted by molar-refractivity contribution is 0.605. The summed E-state index contributed by atoms with van der Waals surface area (Å²) in [5, 5.41) is 14.4. The molecule has 0 bridgehead atoms. The molecule has 600 valence electrons. The van der Waals surface area contributed by atoms with Gasteiger partial charge in [0.1, 0.15) is 11.6 Å². The molecule has 9 heteroatoms. The summed E-state index contributed by atoms with van der Waals surface area (Å²) in [7, 11) is 0. The molecule has 0 aliphatic carbocycles. The maximum atomic E-state index is 16.5. The molecule has 0 aliphatic rings. The van der Waals surface area contributed by atoms with E-state index in [-0.39, 0.29) is 11.1 Å². The molecular weight excluding hydrogens is 1580 g/mol. The first kappa shape index (κ1) is 75.2. The molecule has 6 aromatic heterocycles. The minimum atomic E-state index is -0.574. The Morgan fingerprint density at radius 2 is 0.594 bits per heavy atom. The Kier molecular flexibility index (Phi) is 18.4. The standard InChI is InChI=1S/C61H38N2S.C58H36F2N4/c1-3-15-41(16-4-1)56-37-45(38-57(62-56)42-17-5-2-6-18-42)44-35-53(49-32-28-39-14-7-8-19-47(39)54(49)36-44)43-29-33-59-55(34-43)50-20-9-11-24-58(50)63(59)46-30-26-40(27-31-46)48-22-13-23-52-51-21-10-12-25-60(51)64-61(48)52;59-50-35-49(53-36-52(37-15-4-1-5-16-37)61-58(62-53)38-17-6-2-7-18-38)51(60)34-46(50)41-28-30-57-48(33-41)45-24-11-13-26-55(45)64(57)43-22-14-19-39(31-43)40-27-29-56-47(32-40)44-23-10-12-25-54(44)63(56)42-20-8-3-9-21-42/h1-38H;1-36H. The largest absolute Gasteiger partial charge is 0.309 e. The van der Waals surface area contributed by atoms with Gasteiger partial charge in [0.05, 0.1) is 55.9 Å². The molecule has 128 heavy (non-hydrogen) atoms. The maximum Gasteiger partial charge on any atom is 0.160 e. The Hall–Kier alpha value is -16.6. The molecule has 6 heterocycles. The van der Waals surface area contributed by atoms with E-state index in [4.69, 9.17) is 15.0 Å². The number of thiophene rings is 1. The fourth-order valence-electron chi connectivity index (χ4n) is 19.2. The van der Waals surface area contributed by atoms with Crippen molar-refractivity contribution in [3.05, 3.63) is 461 Å². The van der Waals surface area contributed by atoms with Gasteiger partial charge in [-0.05, 0) is 211 Å². The summed E-state index contributed by atoms with van der Waals surface area (Å²) in [5.41, 5.74) is 26.8. The minimum absolute atomic E-state index is 0.0664. The molecule has 0 fully saturated rings. The molecule has 0 spiro atoms. The summed E-state index contributed by atoms with van der Waals surface area (Å²) in [6, 6.07) is 156. The normalized spacial score (nSPS) is 11.7. The van der Waals surface area contributed by atoms with Crippen molar-refractivity contribution >= 4 is 118 Å². The average Bonchev–Trinajstić information content (AvgIpc) is 1.64. The number of aromatic nitrogens is 6. The van der Waals surface area contributed by atoms with Crippen molar-refractivity contribution in [2.45, 2.75) is 0 Å². The van der Waals surface area contributed by atoms with E-state index < -0.39 is 11.6 Å². The first-order chi connectivity index (χ1) is 63.3. The molecule has 19 aromatic carbocycles. The third kappa shape index (κ3) is 13.2. The van der Waals surface area contributed by atoms with E-state index in [0.29, 0.717) is 22.8 Å². The summed E-state index contributed by atoms with van der Waals surface area (Å²) in [6.45, 7) is 0. The van der Waals surface area contributed by atoms with Gasteiger partial charge in [0.25, 0.3) is 0 Å². The number of para-hydroxylation sites is 4. The van der Waals surface area contributed by atoms with E-state index in [1.54, 1.807) is 6.07 Å². The Morgan fingerprint density at radius 3 is 1.20 bits per heavy atom. The van der Waals surface area contributed by atoms with Gasteiger partial charge in [0.15, 0.2) is 5.82 Å². The van der Waals surface area contributed by atoms with Crippen molar-refractivity contribution in [2.24, 2.45) is 0 Å². The molecule has 0 amide bonds. The van der Waals surface area contributed by atoms with Crippen LogP contribution in [-0.4, -0.2) is 28.7 Å². The van der Waals surface area contributed by atoms with Crippen molar-refractivity contribution in [2.75, 3.05) is 0 Å². The van der Waals surface area contributed by atoms with Crippen LogP contribution in [0.3, 0.4) is 0 Å². The van der Waals surface area contributed by atoms with E-state index in [1.807, 2.05) is 108 Å². The molecule has 0 N–H and O–H groups in total. The van der Waals surface area contributed by atoms with Crippen LogP contribution in [0.4, 0.5) is 8.78 Å². The molecule has 25 rings (SSSR count). The summed E-state index contributed by atoms with van der Waals surface area (Å²) in [5.74, 6) is -0.686. The van der Waals surface area contributed by atoms with Crippen LogP contribution >= 0.6 is 11.3 Å². The summed E-state index contributed by atoms with van der Waals surface area (Å²) in [4.78, 5) is 14.8. The van der Waals surface area contributed by atoms with Crippen LogP contribution in [0.1, 0.15) is 0 Å². The predicted molar refractivity (Wildman–Crippen MR) is 531 cm³/mol. The molecule has 0 radical (unpaired) electrons. The van der Waals surface area contributed by atoms with E-state index in [2.05, 4.69) is 347 Å². The average molecular weight is 1660 g/mol. The number of nitrogens with zero attached hydrogens (tertiary/aromatic N) is 6.